The van der Waals surface area contributed by atoms with E-state index in [4.69, 9.17) is 19.9 Å². The first-order valence-corrected chi connectivity index (χ1v) is 17.6. The van der Waals surface area contributed by atoms with Gasteiger partial charge in [0.15, 0.2) is 17.5 Å². The Hall–Kier alpha value is -6.72. The van der Waals surface area contributed by atoms with Gasteiger partial charge < -0.3 is 0 Å². The van der Waals surface area contributed by atoms with Gasteiger partial charge in [0.2, 0.25) is 0 Å². The van der Waals surface area contributed by atoms with Gasteiger partial charge in [-0.05, 0) is 63.7 Å². The largest absolute Gasteiger partial charge is 0.294 e. The summed E-state index contributed by atoms with van der Waals surface area (Å²) in [5.74, 6) is 2.67. The predicted octanol–water partition coefficient (Wildman–Crippen LogP) is 11.3. The highest BCUT2D eigenvalue weighted by molar-refractivity contribution is 6.12. The fourth-order valence-electron chi connectivity index (χ4n) is 7.86. The minimum absolute atomic E-state index is 0.126. The Morgan fingerprint density at radius 3 is 1.62 bits per heavy atom. The third-order valence-corrected chi connectivity index (χ3v) is 10.5. The van der Waals surface area contributed by atoms with Gasteiger partial charge in [0.25, 0.3) is 0 Å². The molecular weight excluding hydrogens is 635 g/mol. The highest BCUT2D eigenvalue weighted by atomic mass is 15.1. The lowest BCUT2D eigenvalue weighted by atomic mass is 9.82. The molecule has 0 N–H and O–H groups in total. The fourth-order valence-corrected chi connectivity index (χ4v) is 7.86. The van der Waals surface area contributed by atoms with Crippen LogP contribution in [-0.4, -0.2) is 24.5 Å². The highest BCUT2D eigenvalue weighted by Crippen LogP contribution is 2.51. The van der Waals surface area contributed by atoms with Crippen LogP contribution in [0.15, 0.2) is 164 Å². The van der Waals surface area contributed by atoms with Crippen LogP contribution in [0.4, 0.5) is 0 Å². The number of aromatic nitrogens is 5. The van der Waals surface area contributed by atoms with Crippen molar-refractivity contribution in [2.24, 2.45) is 0 Å². The van der Waals surface area contributed by atoms with E-state index >= 15 is 0 Å². The summed E-state index contributed by atoms with van der Waals surface area (Å²) in [6.07, 6.45) is 1.89. The van der Waals surface area contributed by atoms with Gasteiger partial charge in [0, 0.05) is 39.1 Å². The summed E-state index contributed by atoms with van der Waals surface area (Å²) in [7, 11) is 0. The second-order valence-corrected chi connectivity index (χ2v) is 14.0. The lowest BCUT2D eigenvalue weighted by molar-refractivity contribution is 0.661. The normalized spacial score (nSPS) is 13.0. The van der Waals surface area contributed by atoms with E-state index in [9.17, 15) is 0 Å². The molecule has 1 aliphatic rings. The van der Waals surface area contributed by atoms with E-state index in [1.165, 1.54) is 44.2 Å². The molecule has 0 amide bonds. The molecule has 0 unspecified atom stereocenters. The Morgan fingerprint density at radius 2 is 0.981 bits per heavy atom. The van der Waals surface area contributed by atoms with Gasteiger partial charge in [0.1, 0.15) is 5.82 Å². The van der Waals surface area contributed by atoms with Crippen molar-refractivity contribution in [2.75, 3.05) is 0 Å². The molecule has 0 bridgehead atoms. The third kappa shape index (κ3) is 4.78. The molecule has 10 rings (SSSR count). The maximum atomic E-state index is 5.14. The zero-order valence-corrected chi connectivity index (χ0v) is 28.8. The lowest BCUT2D eigenvalue weighted by Crippen LogP contribution is -2.15. The summed E-state index contributed by atoms with van der Waals surface area (Å²) in [5, 5.41) is 2.41. The second kappa shape index (κ2) is 11.7. The van der Waals surface area contributed by atoms with Crippen LogP contribution < -0.4 is 0 Å². The Kier molecular flexibility index (Phi) is 6.77. The summed E-state index contributed by atoms with van der Waals surface area (Å²) in [4.78, 5) is 19.9. The molecule has 0 saturated heterocycles. The van der Waals surface area contributed by atoms with Crippen LogP contribution in [0.5, 0.6) is 0 Å². The van der Waals surface area contributed by atoms with Crippen molar-refractivity contribution in [3.63, 3.8) is 0 Å². The summed E-state index contributed by atoms with van der Waals surface area (Å²) < 4.78 is 2.32. The molecule has 3 heterocycles. The van der Waals surface area contributed by atoms with E-state index in [1.54, 1.807) is 0 Å². The number of fused-ring (bicyclic) bond motifs is 6. The van der Waals surface area contributed by atoms with Crippen LogP contribution in [0, 0.1) is 0 Å². The van der Waals surface area contributed by atoms with Gasteiger partial charge >= 0.3 is 0 Å². The van der Waals surface area contributed by atoms with Gasteiger partial charge in [-0.2, -0.15) is 0 Å². The summed E-state index contributed by atoms with van der Waals surface area (Å²) in [6, 6.07) is 55.3. The van der Waals surface area contributed by atoms with Crippen molar-refractivity contribution >= 4 is 21.8 Å². The van der Waals surface area contributed by atoms with Gasteiger partial charge in [-0.15, -0.1) is 0 Å². The average Bonchev–Trinajstić information content (AvgIpc) is 3.65. The van der Waals surface area contributed by atoms with E-state index < -0.39 is 0 Å². The fraction of sp³-hybridized carbons (Fsp3) is 0.0638. The van der Waals surface area contributed by atoms with Crippen LogP contribution in [0.3, 0.4) is 0 Å². The van der Waals surface area contributed by atoms with Crippen molar-refractivity contribution in [3.8, 4) is 62.2 Å². The maximum Gasteiger partial charge on any atom is 0.165 e. The predicted molar refractivity (Wildman–Crippen MR) is 211 cm³/mol. The van der Waals surface area contributed by atoms with E-state index in [2.05, 4.69) is 115 Å². The topological polar surface area (TPSA) is 56.5 Å². The SMILES string of the molecule is CC1(C)c2ccccc2-c2cc3c4ccc(-c5ccccc5)cc4n(-c4ccc(-c5nc(-c6ccccc6)nc(-c6ccccc6)n5)cn4)c3cc21. The minimum Gasteiger partial charge on any atom is -0.294 e. The van der Waals surface area contributed by atoms with Crippen LogP contribution in [0.1, 0.15) is 25.0 Å². The quantitative estimate of drug-likeness (QED) is 0.183. The monoisotopic (exact) mass is 667 g/mol. The van der Waals surface area contributed by atoms with Gasteiger partial charge in [0.05, 0.1) is 11.0 Å². The molecule has 246 valence electrons. The van der Waals surface area contributed by atoms with Crippen molar-refractivity contribution < 1.29 is 0 Å². The standard InChI is InChI=1S/C47H33N5/c1-47(2)39-21-13-12-20-35(39)37-27-38-36-24-22-33(30-14-6-3-7-15-30)26-41(36)52(42(38)28-40(37)47)43-25-23-34(29-48-43)46-50-44(31-16-8-4-9-17-31)49-45(51-46)32-18-10-5-11-19-32/h3-29H,1-2H3. The molecular formula is C47H33N5. The molecule has 5 heteroatoms. The van der Waals surface area contributed by atoms with Crippen molar-refractivity contribution in [1.29, 1.82) is 0 Å². The van der Waals surface area contributed by atoms with Crippen LogP contribution in [0.2, 0.25) is 0 Å². The lowest BCUT2D eigenvalue weighted by Gasteiger charge is -2.21. The average molecular weight is 668 g/mol. The first kappa shape index (κ1) is 30.1. The molecule has 0 spiro atoms. The van der Waals surface area contributed by atoms with Crippen molar-refractivity contribution in [3.05, 3.63) is 175 Å². The van der Waals surface area contributed by atoms with E-state index in [1.807, 2.05) is 66.9 Å². The maximum absolute atomic E-state index is 5.14. The Balaban J connectivity index is 1.17. The molecule has 9 aromatic rings. The molecule has 0 atom stereocenters. The Morgan fingerprint density at radius 1 is 0.423 bits per heavy atom. The number of hydrogen-bond donors (Lipinski definition) is 0. The molecule has 0 radical (unpaired) electrons. The zero-order chi connectivity index (χ0) is 34.8. The zero-order valence-electron chi connectivity index (χ0n) is 28.8. The molecule has 3 aromatic heterocycles. The van der Waals surface area contributed by atoms with Gasteiger partial charge in [-0.3, -0.25) is 4.57 Å². The van der Waals surface area contributed by atoms with E-state index in [-0.39, 0.29) is 5.41 Å². The first-order valence-electron chi connectivity index (χ1n) is 17.6. The summed E-state index contributed by atoms with van der Waals surface area (Å²) in [5.41, 5.74) is 12.5. The number of rotatable bonds is 5. The van der Waals surface area contributed by atoms with Crippen LogP contribution >= 0.6 is 0 Å². The smallest absolute Gasteiger partial charge is 0.165 e. The first-order chi connectivity index (χ1) is 25.5. The summed E-state index contributed by atoms with van der Waals surface area (Å²) >= 11 is 0. The minimum atomic E-state index is -0.126. The Bertz CT molecular complexity index is 2730. The van der Waals surface area contributed by atoms with E-state index in [0.717, 1.165) is 33.5 Å². The third-order valence-electron chi connectivity index (χ3n) is 10.5. The molecule has 6 aromatic carbocycles. The molecule has 0 saturated carbocycles. The highest BCUT2D eigenvalue weighted by Gasteiger charge is 2.36. The molecule has 0 fully saturated rings. The second-order valence-electron chi connectivity index (χ2n) is 14.0. The van der Waals surface area contributed by atoms with Crippen molar-refractivity contribution in [2.45, 2.75) is 19.3 Å². The van der Waals surface area contributed by atoms with Gasteiger partial charge in [-0.25, -0.2) is 19.9 Å². The molecule has 1 aliphatic carbocycles. The molecule has 5 nitrogen and oxygen atoms in total. The summed E-state index contributed by atoms with van der Waals surface area (Å²) in [6.45, 7) is 4.67. The van der Waals surface area contributed by atoms with Crippen LogP contribution in [0.25, 0.3) is 84.0 Å². The number of hydrogen-bond acceptors (Lipinski definition) is 4. The van der Waals surface area contributed by atoms with Gasteiger partial charge in [-0.1, -0.05) is 141 Å². The van der Waals surface area contributed by atoms with Crippen LogP contribution in [-0.2, 0) is 5.41 Å². The molecule has 0 aliphatic heterocycles. The van der Waals surface area contributed by atoms with Crippen molar-refractivity contribution in [1.82, 2.24) is 24.5 Å². The van der Waals surface area contributed by atoms with E-state index in [0.29, 0.717) is 17.5 Å². The molecule has 52 heavy (non-hydrogen) atoms. The number of benzene rings is 6. The number of pyridine rings is 1. The number of nitrogens with zero attached hydrogens (tertiary/aromatic N) is 5. The Labute approximate surface area is 302 Å².